The zero-order valence-corrected chi connectivity index (χ0v) is 7.84. The van der Waals surface area contributed by atoms with E-state index in [4.69, 9.17) is 0 Å². The van der Waals surface area contributed by atoms with Gasteiger partial charge >= 0.3 is 0 Å². The molecule has 14 heavy (non-hydrogen) atoms. The smallest absolute Gasteiger partial charge is 0.267 e. The number of hydrogen-bond donors (Lipinski definition) is 1. The van der Waals surface area contributed by atoms with Crippen LogP contribution >= 0.6 is 0 Å². The third-order valence-electron chi connectivity index (χ3n) is 2.63. The summed E-state index contributed by atoms with van der Waals surface area (Å²) in [5.41, 5.74) is 0.777. The van der Waals surface area contributed by atoms with Gasteiger partial charge in [0.1, 0.15) is 0 Å². The lowest BCUT2D eigenvalue weighted by molar-refractivity contribution is -0.000583. The minimum absolute atomic E-state index is 0.0114. The number of para-hydroxylation sites is 1. The van der Waals surface area contributed by atoms with Crippen molar-refractivity contribution in [3.05, 3.63) is 30.3 Å². The molecule has 1 nitrogen and oxygen atoms in total. The highest BCUT2D eigenvalue weighted by molar-refractivity contribution is 5.44. The fourth-order valence-electron chi connectivity index (χ4n) is 1.84. The van der Waals surface area contributed by atoms with E-state index in [1.54, 1.807) is 0 Å². The van der Waals surface area contributed by atoms with Gasteiger partial charge in [-0.25, -0.2) is 8.78 Å². The van der Waals surface area contributed by atoms with Crippen molar-refractivity contribution in [3.63, 3.8) is 0 Å². The van der Waals surface area contributed by atoms with Gasteiger partial charge < -0.3 is 5.32 Å². The molecule has 0 radical (unpaired) electrons. The molecule has 1 N–H and O–H groups in total. The molecule has 0 aromatic heterocycles. The van der Waals surface area contributed by atoms with E-state index in [-0.39, 0.29) is 6.42 Å². The number of rotatable bonds is 2. The molecule has 0 saturated heterocycles. The summed E-state index contributed by atoms with van der Waals surface area (Å²) in [5.74, 6) is -2.55. The van der Waals surface area contributed by atoms with Crippen LogP contribution in [0.2, 0.25) is 0 Å². The lowest BCUT2D eigenvalue weighted by Crippen LogP contribution is -2.34. The Hall–Kier alpha value is -1.12. The van der Waals surface area contributed by atoms with Gasteiger partial charge in [-0.1, -0.05) is 18.2 Å². The molecular weight excluding hydrogens is 184 g/mol. The summed E-state index contributed by atoms with van der Waals surface area (Å²) in [6.45, 7) is 0. The largest absolute Gasteiger partial charge is 0.376 e. The maximum Gasteiger partial charge on any atom is 0.267 e. The van der Waals surface area contributed by atoms with Gasteiger partial charge in [0.15, 0.2) is 0 Å². The molecule has 1 aromatic rings. The van der Waals surface area contributed by atoms with Crippen molar-refractivity contribution in [1.82, 2.24) is 0 Å². The minimum Gasteiger partial charge on any atom is -0.376 e. The van der Waals surface area contributed by atoms with Crippen LogP contribution < -0.4 is 5.32 Å². The predicted molar refractivity (Wildman–Crippen MR) is 52.7 cm³/mol. The second-order valence-corrected chi connectivity index (χ2v) is 3.72. The summed E-state index contributed by atoms with van der Waals surface area (Å²) in [4.78, 5) is 0. The average molecular weight is 197 g/mol. The van der Waals surface area contributed by atoms with Gasteiger partial charge in [-0.3, -0.25) is 0 Å². The SMILES string of the molecule is FC1(F)CCC[C@H]1Nc1ccccc1. The van der Waals surface area contributed by atoms with Crippen LogP contribution in [0, 0.1) is 0 Å². The van der Waals surface area contributed by atoms with E-state index in [2.05, 4.69) is 5.32 Å². The number of hydrogen-bond acceptors (Lipinski definition) is 1. The molecule has 0 unspecified atom stereocenters. The van der Waals surface area contributed by atoms with Crippen LogP contribution in [0.4, 0.5) is 14.5 Å². The van der Waals surface area contributed by atoms with E-state index in [9.17, 15) is 8.78 Å². The molecule has 1 aliphatic carbocycles. The maximum atomic E-state index is 13.2. The normalized spacial score (nSPS) is 24.9. The number of anilines is 1. The Kier molecular flexibility index (Phi) is 2.40. The lowest BCUT2D eigenvalue weighted by atomic mass is 10.2. The van der Waals surface area contributed by atoms with Gasteiger partial charge in [-0.05, 0) is 25.0 Å². The Morgan fingerprint density at radius 1 is 1.21 bits per heavy atom. The van der Waals surface area contributed by atoms with Crippen LogP contribution in [0.25, 0.3) is 0 Å². The highest BCUT2D eigenvalue weighted by Gasteiger charge is 2.43. The molecule has 0 amide bonds. The van der Waals surface area contributed by atoms with Crippen LogP contribution in [0.5, 0.6) is 0 Å². The van der Waals surface area contributed by atoms with Crippen molar-refractivity contribution in [1.29, 1.82) is 0 Å². The average Bonchev–Trinajstić information content (AvgIpc) is 2.48. The van der Waals surface area contributed by atoms with Crippen molar-refractivity contribution in [2.75, 3.05) is 5.32 Å². The number of nitrogens with one attached hydrogen (secondary N) is 1. The third kappa shape index (κ3) is 1.86. The van der Waals surface area contributed by atoms with Crippen LogP contribution in [0.1, 0.15) is 19.3 Å². The van der Waals surface area contributed by atoms with Gasteiger partial charge in [0.2, 0.25) is 0 Å². The number of halogens is 2. The molecule has 76 valence electrons. The monoisotopic (exact) mass is 197 g/mol. The molecule has 3 heteroatoms. The van der Waals surface area contributed by atoms with E-state index in [1.807, 2.05) is 30.3 Å². The fourth-order valence-corrected chi connectivity index (χ4v) is 1.84. The number of benzene rings is 1. The zero-order chi connectivity index (χ0) is 10.0. The summed E-state index contributed by atoms with van der Waals surface area (Å²) < 4.78 is 26.5. The minimum atomic E-state index is -2.55. The molecule has 0 heterocycles. The van der Waals surface area contributed by atoms with E-state index in [0.717, 1.165) is 5.69 Å². The van der Waals surface area contributed by atoms with Gasteiger partial charge in [0, 0.05) is 12.1 Å². The van der Waals surface area contributed by atoms with Gasteiger partial charge in [0.05, 0.1) is 6.04 Å². The second-order valence-electron chi connectivity index (χ2n) is 3.72. The highest BCUT2D eigenvalue weighted by Crippen LogP contribution is 2.36. The molecule has 0 spiro atoms. The first-order valence-electron chi connectivity index (χ1n) is 4.88. The standard InChI is InChI=1S/C11H13F2N/c12-11(13)8-4-7-10(11)14-9-5-2-1-3-6-9/h1-3,5-6,10,14H,4,7-8H2/t10-/m1/s1. The predicted octanol–water partition coefficient (Wildman–Crippen LogP) is 3.29. The quantitative estimate of drug-likeness (QED) is 0.767. The van der Waals surface area contributed by atoms with E-state index < -0.39 is 12.0 Å². The summed E-state index contributed by atoms with van der Waals surface area (Å²) in [5, 5.41) is 2.88. The first kappa shape index (κ1) is 9.44. The molecule has 0 bridgehead atoms. The van der Waals surface area contributed by atoms with E-state index in [0.29, 0.717) is 12.8 Å². The topological polar surface area (TPSA) is 12.0 Å². The Morgan fingerprint density at radius 2 is 1.93 bits per heavy atom. The van der Waals surface area contributed by atoms with Crippen molar-refractivity contribution < 1.29 is 8.78 Å². The van der Waals surface area contributed by atoms with E-state index in [1.165, 1.54) is 0 Å². The van der Waals surface area contributed by atoms with Crippen molar-refractivity contribution in [2.24, 2.45) is 0 Å². The van der Waals surface area contributed by atoms with Crippen molar-refractivity contribution >= 4 is 5.69 Å². The Morgan fingerprint density at radius 3 is 2.50 bits per heavy atom. The van der Waals surface area contributed by atoms with Crippen LogP contribution in [0.15, 0.2) is 30.3 Å². The first-order chi connectivity index (χ1) is 6.68. The number of alkyl halides is 2. The van der Waals surface area contributed by atoms with Crippen molar-refractivity contribution in [3.8, 4) is 0 Å². The fraction of sp³-hybridized carbons (Fsp3) is 0.455. The Balaban J connectivity index is 2.05. The molecule has 1 aliphatic rings. The molecule has 0 aliphatic heterocycles. The second kappa shape index (κ2) is 3.56. The molecular formula is C11H13F2N. The summed E-state index contributed by atoms with van der Waals surface area (Å²) in [6, 6.07) is 8.50. The molecule has 2 rings (SSSR count). The van der Waals surface area contributed by atoms with Gasteiger partial charge in [-0.15, -0.1) is 0 Å². The summed E-state index contributed by atoms with van der Waals surface area (Å²) in [7, 11) is 0. The first-order valence-corrected chi connectivity index (χ1v) is 4.88. The zero-order valence-electron chi connectivity index (χ0n) is 7.84. The Labute approximate surface area is 82.1 Å². The summed E-state index contributed by atoms with van der Waals surface area (Å²) >= 11 is 0. The van der Waals surface area contributed by atoms with Crippen LogP contribution in [0.3, 0.4) is 0 Å². The van der Waals surface area contributed by atoms with Crippen LogP contribution in [-0.2, 0) is 0 Å². The Bertz CT molecular complexity index is 297. The van der Waals surface area contributed by atoms with Gasteiger partial charge in [0.25, 0.3) is 5.92 Å². The highest BCUT2D eigenvalue weighted by atomic mass is 19.3. The summed E-state index contributed by atoms with van der Waals surface area (Å²) in [6.07, 6.45) is 1.18. The molecule has 1 atom stereocenters. The van der Waals surface area contributed by atoms with E-state index >= 15 is 0 Å². The van der Waals surface area contributed by atoms with Crippen molar-refractivity contribution in [2.45, 2.75) is 31.2 Å². The van der Waals surface area contributed by atoms with Crippen LogP contribution in [-0.4, -0.2) is 12.0 Å². The third-order valence-corrected chi connectivity index (χ3v) is 2.63. The molecule has 1 aromatic carbocycles. The molecule has 1 saturated carbocycles. The lowest BCUT2D eigenvalue weighted by Gasteiger charge is -2.21. The maximum absolute atomic E-state index is 13.2. The molecule has 1 fully saturated rings. The van der Waals surface area contributed by atoms with Gasteiger partial charge in [-0.2, -0.15) is 0 Å².